The molecule has 0 aliphatic carbocycles. The number of aromatic nitrogens is 3. The normalized spacial score (nSPS) is 19.0. The Morgan fingerprint density at radius 2 is 2.35 bits per heavy atom. The Morgan fingerprint density at radius 1 is 1.50 bits per heavy atom. The first-order valence-electron chi connectivity index (χ1n) is 7.91. The maximum absolute atomic E-state index is 12.3. The summed E-state index contributed by atoms with van der Waals surface area (Å²) in [7, 11) is 0. The van der Waals surface area contributed by atoms with E-state index < -0.39 is 5.91 Å². The van der Waals surface area contributed by atoms with Gasteiger partial charge in [0.15, 0.2) is 5.01 Å². The van der Waals surface area contributed by atoms with Gasteiger partial charge in [-0.15, -0.1) is 17.9 Å². The molecule has 0 radical (unpaired) electrons. The van der Waals surface area contributed by atoms with Crippen LogP contribution in [-0.4, -0.2) is 62.4 Å². The standard InChI is InChI=1S/C16H16N6O3S/c1-2-5-25-22-11-6-10(7-20(8-11)16(22)24)21-4-3-12(19-21)13-9-26-15(18-13)14(17)23/h2-4,6,9,11H,1,5,7-8H2,(H2,17,23). The number of urea groups is 1. The van der Waals surface area contributed by atoms with Gasteiger partial charge >= 0.3 is 6.03 Å². The molecule has 4 rings (SSSR count). The van der Waals surface area contributed by atoms with Crippen LogP contribution < -0.4 is 5.73 Å². The van der Waals surface area contributed by atoms with E-state index in [1.807, 2.05) is 6.08 Å². The van der Waals surface area contributed by atoms with E-state index in [2.05, 4.69) is 16.7 Å². The number of amides is 3. The SMILES string of the molecule is C=CCON1C(=O)N2CC(n3ccc(-c4csc(C(N)=O)n4)n3)=CC1C2. The highest BCUT2D eigenvalue weighted by Gasteiger charge is 2.41. The van der Waals surface area contributed by atoms with Crippen molar-refractivity contribution in [3.8, 4) is 11.4 Å². The molecule has 0 aromatic carbocycles. The van der Waals surface area contributed by atoms with Crippen molar-refractivity contribution >= 4 is 29.0 Å². The number of hydrogen-bond acceptors (Lipinski definition) is 6. The van der Waals surface area contributed by atoms with Crippen LogP contribution in [0, 0.1) is 0 Å². The molecule has 1 atom stereocenters. The molecule has 1 unspecified atom stereocenters. The Kier molecular flexibility index (Phi) is 4.05. The third-order valence-corrected chi connectivity index (χ3v) is 4.95. The molecule has 1 fully saturated rings. The molecule has 3 amide bonds. The predicted molar refractivity (Wildman–Crippen MR) is 94.9 cm³/mol. The molecule has 134 valence electrons. The average molecular weight is 372 g/mol. The molecule has 9 nitrogen and oxygen atoms in total. The minimum atomic E-state index is -0.557. The summed E-state index contributed by atoms with van der Waals surface area (Å²) in [5, 5.41) is 7.87. The van der Waals surface area contributed by atoms with E-state index in [0.29, 0.717) is 24.5 Å². The number of primary amides is 1. The van der Waals surface area contributed by atoms with E-state index in [-0.39, 0.29) is 23.7 Å². The number of thiazole rings is 1. The summed E-state index contributed by atoms with van der Waals surface area (Å²) >= 11 is 1.18. The lowest BCUT2D eigenvalue weighted by molar-refractivity contribution is -0.107. The van der Waals surface area contributed by atoms with Crippen LogP contribution in [-0.2, 0) is 4.84 Å². The van der Waals surface area contributed by atoms with E-state index in [0.717, 1.165) is 5.70 Å². The Morgan fingerprint density at radius 3 is 3.08 bits per heavy atom. The number of fused-ring (bicyclic) bond motifs is 2. The molecule has 4 heterocycles. The first kappa shape index (κ1) is 16.5. The molecule has 2 aliphatic heterocycles. The minimum Gasteiger partial charge on any atom is -0.364 e. The maximum atomic E-state index is 12.3. The monoisotopic (exact) mass is 372 g/mol. The van der Waals surface area contributed by atoms with Crippen molar-refractivity contribution in [1.29, 1.82) is 0 Å². The molecule has 2 bridgehead atoms. The van der Waals surface area contributed by atoms with Crippen molar-refractivity contribution in [3.63, 3.8) is 0 Å². The minimum absolute atomic E-state index is 0.166. The molecule has 2 aliphatic rings. The van der Waals surface area contributed by atoms with Gasteiger partial charge in [-0.3, -0.25) is 9.63 Å². The zero-order valence-electron chi connectivity index (χ0n) is 13.7. The second-order valence-electron chi connectivity index (χ2n) is 5.85. The molecule has 1 saturated heterocycles. The molecule has 0 saturated carbocycles. The number of rotatable bonds is 6. The van der Waals surface area contributed by atoms with Crippen LogP contribution in [0.1, 0.15) is 9.80 Å². The van der Waals surface area contributed by atoms with Gasteiger partial charge in [-0.05, 0) is 12.1 Å². The van der Waals surface area contributed by atoms with Gasteiger partial charge < -0.3 is 10.6 Å². The second kappa shape index (κ2) is 6.39. The highest BCUT2D eigenvalue weighted by atomic mass is 32.1. The van der Waals surface area contributed by atoms with Crippen molar-refractivity contribution in [2.45, 2.75) is 6.04 Å². The predicted octanol–water partition coefficient (Wildman–Crippen LogP) is 1.18. The van der Waals surface area contributed by atoms with Crippen LogP contribution in [0.25, 0.3) is 17.1 Å². The molecule has 2 aromatic rings. The maximum Gasteiger partial charge on any atom is 0.345 e. The van der Waals surface area contributed by atoms with E-state index >= 15 is 0 Å². The highest BCUT2D eigenvalue weighted by molar-refractivity contribution is 7.12. The second-order valence-corrected chi connectivity index (χ2v) is 6.70. The van der Waals surface area contributed by atoms with Crippen LogP contribution in [0.3, 0.4) is 0 Å². The number of carbonyl (C=O) groups is 2. The van der Waals surface area contributed by atoms with Crippen LogP contribution in [0.15, 0.2) is 36.4 Å². The summed E-state index contributed by atoms with van der Waals surface area (Å²) < 4.78 is 1.71. The van der Waals surface area contributed by atoms with Gasteiger partial charge in [-0.25, -0.2) is 14.5 Å². The number of carbonyl (C=O) groups excluding carboxylic acids is 2. The summed E-state index contributed by atoms with van der Waals surface area (Å²) in [5.74, 6) is -0.557. The first-order valence-corrected chi connectivity index (χ1v) is 8.79. The number of hydrogen-bond donors (Lipinski definition) is 1. The summed E-state index contributed by atoms with van der Waals surface area (Å²) in [6.45, 7) is 4.90. The Hall–Kier alpha value is -2.98. The van der Waals surface area contributed by atoms with E-state index in [1.54, 1.807) is 33.3 Å². The largest absolute Gasteiger partial charge is 0.364 e. The average Bonchev–Trinajstić information content (AvgIpc) is 3.34. The fourth-order valence-electron chi connectivity index (χ4n) is 2.94. The Labute approximate surface area is 152 Å². The zero-order chi connectivity index (χ0) is 18.3. The topological polar surface area (TPSA) is 107 Å². The smallest absolute Gasteiger partial charge is 0.345 e. The van der Waals surface area contributed by atoms with Gasteiger partial charge in [-0.1, -0.05) is 6.08 Å². The van der Waals surface area contributed by atoms with Crippen molar-refractivity contribution in [2.24, 2.45) is 5.73 Å². The van der Waals surface area contributed by atoms with E-state index in [4.69, 9.17) is 10.6 Å². The molecular weight excluding hydrogens is 356 g/mol. The van der Waals surface area contributed by atoms with E-state index in [9.17, 15) is 9.59 Å². The van der Waals surface area contributed by atoms with Gasteiger partial charge in [0.2, 0.25) is 0 Å². The van der Waals surface area contributed by atoms with Gasteiger partial charge in [0.05, 0.1) is 24.9 Å². The molecule has 26 heavy (non-hydrogen) atoms. The van der Waals surface area contributed by atoms with Gasteiger partial charge in [0.1, 0.15) is 11.4 Å². The molecule has 10 heteroatoms. The van der Waals surface area contributed by atoms with Crippen LogP contribution in [0.5, 0.6) is 0 Å². The first-order chi connectivity index (χ1) is 12.6. The molecule has 0 spiro atoms. The third kappa shape index (κ3) is 2.78. The zero-order valence-corrected chi connectivity index (χ0v) is 14.6. The van der Waals surface area contributed by atoms with Crippen molar-refractivity contribution < 1.29 is 14.4 Å². The summed E-state index contributed by atoms with van der Waals surface area (Å²) in [6, 6.07) is 1.47. The number of hydroxylamine groups is 2. The van der Waals surface area contributed by atoms with Gasteiger partial charge in [0.25, 0.3) is 5.91 Å². The Bertz CT molecular complexity index is 917. The van der Waals surface area contributed by atoms with Crippen molar-refractivity contribution in [1.82, 2.24) is 24.7 Å². The van der Waals surface area contributed by atoms with E-state index in [1.165, 1.54) is 16.4 Å². The fourth-order valence-corrected chi connectivity index (χ4v) is 3.60. The fraction of sp³-hybridized carbons (Fsp3) is 0.250. The summed E-state index contributed by atoms with van der Waals surface area (Å²) in [4.78, 5) is 34.9. The molecule has 2 aromatic heterocycles. The third-order valence-electron chi connectivity index (χ3n) is 4.10. The summed E-state index contributed by atoms with van der Waals surface area (Å²) in [6.07, 6.45) is 5.37. The van der Waals surface area contributed by atoms with Gasteiger partial charge in [0, 0.05) is 18.1 Å². The summed E-state index contributed by atoms with van der Waals surface area (Å²) in [5.41, 5.74) is 7.34. The quantitative estimate of drug-likeness (QED) is 0.767. The lowest BCUT2D eigenvalue weighted by Crippen LogP contribution is -2.33. The highest BCUT2D eigenvalue weighted by Crippen LogP contribution is 2.27. The van der Waals surface area contributed by atoms with Gasteiger partial charge in [-0.2, -0.15) is 10.2 Å². The number of nitrogens with two attached hydrogens (primary N) is 1. The van der Waals surface area contributed by atoms with Crippen molar-refractivity contribution in [3.05, 3.63) is 41.4 Å². The molecule has 2 N–H and O–H groups in total. The Balaban J connectivity index is 1.57. The molecular formula is C16H16N6O3S. The van der Waals surface area contributed by atoms with Crippen LogP contribution >= 0.6 is 11.3 Å². The number of nitrogens with zero attached hydrogens (tertiary/aromatic N) is 5. The van der Waals surface area contributed by atoms with Crippen molar-refractivity contribution in [2.75, 3.05) is 19.7 Å². The lowest BCUT2D eigenvalue weighted by atomic mass is 10.2. The van der Waals surface area contributed by atoms with Crippen LogP contribution in [0.2, 0.25) is 0 Å². The van der Waals surface area contributed by atoms with Crippen LogP contribution in [0.4, 0.5) is 4.79 Å². The lowest BCUT2D eigenvalue weighted by Gasteiger charge is -2.21.